The van der Waals surface area contributed by atoms with Gasteiger partial charge in [0.2, 0.25) is 5.91 Å². The number of hydroxylamine groups is 1. The van der Waals surface area contributed by atoms with E-state index in [-0.39, 0.29) is 5.91 Å². The minimum absolute atomic E-state index is 0.316. The van der Waals surface area contributed by atoms with Gasteiger partial charge >= 0.3 is 0 Å². The van der Waals surface area contributed by atoms with Crippen LogP contribution in [0.25, 0.3) is 0 Å². The Labute approximate surface area is 292 Å². The summed E-state index contributed by atoms with van der Waals surface area (Å²) >= 11 is 0. The first kappa shape index (κ1) is 34.1. The molecule has 4 aliphatic rings. The predicted molar refractivity (Wildman–Crippen MR) is 190 cm³/mol. The number of halogens is 2. The van der Waals surface area contributed by atoms with Crippen molar-refractivity contribution < 1.29 is 23.1 Å². The van der Waals surface area contributed by atoms with Crippen molar-refractivity contribution in [2.24, 2.45) is 0 Å². The number of piperazine rings is 1. The van der Waals surface area contributed by atoms with Crippen LogP contribution >= 0.6 is 0 Å². The SMILES string of the molecule is C=CC(=O)Nc1cc(Nc2cc(N3OCC[C@@H]3c3cc(F)cc(F)c3)ncn2)c(OC)cc1N1CCC(N2C[C@@H](C)N(C3CC3)C[C@@H]2C)CC1. The predicted octanol–water partition coefficient (Wildman–Crippen LogP) is 6.04. The van der Waals surface area contributed by atoms with Crippen LogP contribution in [-0.2, 0) is 9.63 Å². The molecule has 0 bridgehead atoms. The Balaban J connectivity index is 1.09. The number of rotatable bonds is 10. The van der Waals surface area contributed by atoms with Crippen LogP contribution < -0.4 is 25.3 Å². The van der Waals surface area contributed by atoms with Gasteiger partial charge in [0.15, 0.2) is 5.82 Å². The average molecular weight is 689 g/mol. The number of ether oxygens (including phenoxy) is 1. The number of methoxy groups -OCH3 is 1. The lowest BCUT2D eigenvalue weighted by molar-refractivity contribution is -0.111. The third-order valence-electron chi connectivity index (χ3n) is 10.4. The molecule has 1 aromatic heterocycles. The van der Waals surface area contributed by atoms with E-state index in [4.69, 9.17) is 9.57 Å². The van der Waals surface area contributed by atoms with Gasteiger partial charge < -0.3 is 20.3 Å². The van der Waals surface area contributed by atoms with Gasteiger partial charge in [-0.1, -0.05) is 6.58 Å². The number of nitrogens with one attached hydrogen (secondary N) is 2. The molecule has 50 heavy (non-hydrogen) atoms. The Morgan fingerprint density at radius 3 is 2.24 bits per heavy atom. The van der Waals surface area contributed by atoms with Crippen molar-refractivity contribution in [1.82, 2.24) is 19.8 Å². The van der Waals surface area contributed by atoms with Gasteiger partial charge in [-0.05, 0) is 69.4 Å². The molecule has 11 nitrogen and oxygen atoms in total. The van der Waals surface area contributed by atoms with Crippen molar-refractivity contribution in [2.45, 2.75) is 76.2 Å². The van der Waals surface area contributed by atoms with Crippen molar-refractivity contribution in [1.29, 1.82) is 0 Å². The number of anilines is 5. The van der Waals surface area contributed by atoms with Gasteiger partial charge in [0.1, 0.15) is 29.5 Å². The molecule has 1 aliphatic carbocycles. The summed E-state index contributed by atoms with van der Waals surface area (Å²) in [6.45, 7) is 12.7. The van der Waals surface area contributed by atoms with Crippen LogP contribution in [0.1, 0.15) is 57.6 Å². The highest BCUT2D eigenvalue weighted by molar-refractivity contribution is 6.02. The minimum Gasteiger partial charge on any atom is -0.494 e. The summed E-state index contributed by atoms with van der Waals surface area (Å²) in [7, 11) is 1.61. The van der Waals surface area contributed by atoms with Crippen LogP contribution in [0.5, 0.6) is 5.75 Å². The smallest absolute Gasteiger partial charge is 0.247 e. The molecule has 3 saturated heterocycles. The maximum Gasteiger partial charge on any atom is 0.247 e. The number of carbonyl (C=O) groups is 1. The normalized spacial score (nSPS) is 23.6. The molecule has 1 amide bonds. The number of piperidine rings is 1. The number of aromatic nitrogens is 2. The van der Waals surface area contributed by atoms with Crippen LogP contribution in [0, 0.1) is 11.6 Å². The quantitative estimate of drug-likeness (QED) is 0.246. The van der Waals surface area contributed by atoms with Gasteiger partial charge in [-0.25, -0.2) is 23.8 Å². The zero-order valence-corrected chi connectivity index (χ0v) is 28.9. The summed E-state index contributed by atoms with van der Waals surface area (Å²) < 4.78 is 33.9. The molecule has 0 spiro atoms. The molecule has 7 rings (SSSR count). The second-order valence-electron chi connectivity index (χ2n) is 13.9. The second-order valence-corrected chi connectivity index (χ2v) is 13.9. The summed E-state index contributed by atoms with van der Waals surface area (Å²) in [5.74, 6) is -0.184. The first-order valence-corrected chi connectivity index (χ1v) is 17.6. The fourth-order valence-corrected chi connectivity index (χ4v) is 7.86. The van der Waals surface area contributed by atoms with E-state index in [0.29, 0.717) is 65.5 Å². The highest BCUT2D eigenvalue weighted by Crippen LogP contribution is 2.41. The number of carbonyl (C=O) groups excluding carboxylic acids is 1. The third-order valence-corrected chi connectivity index (χ3v) is 10.4. The molecule has 3 aromatic rings. The molecule has 2 N–H and O–H groups in total. The van der Waals surface area contributed by atoms with E-state index in [1.165, 1.54) is 37.4 Å². The van der Waals surface area contributed by atoms with E-state index in [0.717, 1.165) is 56.8 Å². The van der Waals surface area contributed by atoms with Crippen molar-refractivity contribution >= 4 is 34.6 Å². The topological polar surface area (TPSA) is 98.3 Å². The zero-order valence-electron chi connectivity index (χ0n) is 28.9. The summed E-state index contributed by atoms with van der Waals surface area (Å²) in [5.41, 5.74) is 2.54. The maximum absolute atomic E-state index is 14.0. The van der Waals surface area contributed by atoms with Crippen LogP contribution in [0.15, 0.2) is 55.4 Å². The Morgan fingerprint density at radius 2 is 1.60 bits per heavy atom. The number of nitrogens with zero attached hydrogens (tertiary/aromatic N) is 6. The van der Waals surface area contributed by atoms with E-state index >= 15 is 0 Å². The number of benzene rings is 2. The number of hydrogen-bond acceptors (Lipinski definition) is 10. The monoisotopic (exact) mass is 688 g/mol. The van der Waals surface area contributed by atoms with E-state index in [2.05, 4.69) is 55.7 Å². The molecule has 266 valence electrons. The Kier molecular flexibility index (Phi) is 9.89. The third kappa shape index (κ3) is 7.26. The fourth-order valence-electron chi connectivity index (χ4n) is 7.86. The Morgan fingerprint density at radius 1 is 0.920 bits per heavy atom. The summed E-state index contributed by atoms with van der Waals surface area (Å²) in [5, 5.41) is 7.86. The highest BCUT2D eigenvalue weighted by Gasteiger charge is 2.40. The Bertz CT molecular complexity index is 1700. The molecular weight excluding hydrogens is 642 g/mol. The number of hydrogen-bond donors (Lipinski definition) is 2. The van der Waals surface area contributed by atoms with Gasteiger partial charge in [-0.15, -0.1) is 0 Å². The van der Waals surface area contributed by atoms with Crippen LogP contribution in [-0.4, -0.2) is 89.7 Å². The van der Waals surface area contributed by atoms with E-state index in [1.807, 2.05) is 12.1 Å². The lowest BCUT2D eigenvalue weighted by Gasteiger charge is -2.49. The average Bonchev–Trinajstić information content (AvgIpc) is 3.83. The standard InChI is InChI=1S/C37H46F2N8O3/c1-5-37(48)43-30-17-31(42-35-19-36(41-22-40-35)47-32(10-13-50-47)25-14-26(38)16-27(39)15-25)34(49-4)18-33(30)44-11-8-29(9-12-44)46-21-23(2)45(20-24(46)3)28-6-7-28/h5,14-19,22-24,28-29,32H,1,6-13,20-21H2,2-4H3,(H,43,48)(H,40,41,42)/t23-,24+,32-/m1/s1. The van der Waals surface area contributed by atoms with Gasteiger partial charge in [0.25, 0.3) is 0 Å². The molecule has 3 aliphatic heterocycles. The van der Waals surface area contributed by atoms with Gasteiger partial charge in [-0.2, -0.15) is 0 Å². The second kappa shape index (κ2) is 14.5. The molecular formula is C37H46F2N8O3. The van der Waals surface area contributed by atoms with E-state index < -0.39 is 17.7 Å². The molecule has 13 heteroatoms. The van der Waals surface area contributed by atoms with Crippen molar-refractivity contribution in [3.63, 3.8) is 0 Å². The summed E-state index contributed by atoms with van der Waals surface area (Å²) in [6.07, 6.45) is 7.92. The highest BCUT2D eigenvalue weighted by atomic mass is 19.1. The summed E-state index contributed by atoms with van der Waals surface area (Å²) in [4.78, 5) is 35.0. The summed E-state index contributed by atoms with van der Waals surface area (Å²) in [6, 6.07) is 10.9. The van der Waals surface area contributed by atoms with Crippen molar-refractivity contribution in [2.75, 3.05) is 60.5 Å². The van der Waals surface area contributed by atoms with E-state index in [1.54, 1.807) is 18.2 Å². The molecule has 2 aromatic carbocycles. The molecule has 4 heterocycles. The lowest BCUT2D eigenvalue weighted by atomic mass is 9.97. The maximum atomic E-state index is 14.0. The number of amides is 1. The van der Waals surface area contributed by atoms with Gasteiger partial charge in [0, 0.05) is 75.0 Å². The van der Waals surface area contributed by atoms with Gasteiger partial charge in [-0.3, -0.25) is 19.4 Å². The van der Waals surface area contributed by atoms with Crippen LogP contribution in [0.4, 0.5) is 37.5 Å². The van der Waals surface area contributed by atoms with Crippen LogP contribution in [0.2, 0.25) is 0 Å². The molecule has 1 saturated carbocycles. The fraction of sp³-hybridized carbons (Fsp3) is 0.486. The van der Waals surface area contributed by atoms with E-state index in [9.17, 15) is 13.6 Å². The minimum atomic E-state index is -0.650. The lowest BCUT2D eigenvalue weighted by Crippen LogP contribution is -2.61. The van der Waals surface area contributed by atoms with Crippen LogP contribution in [0.3, 0.4) is 0 Å². The Hall–Kier alpha value is -4.33. The first-order chi connectivity index (χ1) is 24.2. The molecule has 0 unspecified atom stereocenters. The van der Waals surface area contributed by atoms with Gasteiger partial charge in [0.05, 0.1) is 36.8 Å². The molecule has 4 fully saturated rings. The molecule has 0 radical (unpaired) electrons. The molecule has 3 atom stereocenters. The largest absolute Gasteiger partial charge is 0.494 e. The van der Waals surface area contributed by atoms with Crippen molar-refractivity contribution in [3.8, 4) is 5.75 Å². The first-order valence-electron chi connectivity index (χ1n) is 17.6. The van der Waals surface area contributed by atoms with Crippen molar-refractivity contribution in [3.05, 3.63) is 72.6 Å². The zero-order chi connectivity index (χ0) is 34.9.